The van der Waals surface area contributed by atoms with Crippen molar-refractivity contribution < 1.29 is 13.6 Å². The van der Waals surface area contributed by atoms with Crippen molar-refractivity contribution >= 4 is 38.5 Å². The van der Waals surface area contributed by atoms with Crippen molar-refractivity contribution in [3.8, 4) is 0 Å². The van der Waals surface area contributed by atoms with Crippen molar-refractivity contribution in [2.24, 2.45) is 0 Å². The summed E-state index contributed by atoms with van der Waals surface area (Å²) in [4.78, 5) is 28.3. The van der Waals surface area contributed by atoms with Gasteiger partial charge in [0.2, 0.25) is 5.76 Å². The van der Waals surface area contributed by atoms with Crippen molar-refractivity contribution in [3.05, 3.63) is 110 Å². The van der Waals surface area contributed by atoms with E-state index in [1.165, 1.54) is 17.0 Å². The molecule has 1 aliphatic heterocycles. The fraction of sp³-hybridized carbons (Fsp3) is 0.0435. The van der Waals surface area contributed by atoms with Crippen LogP contribution in [0.15, 0.2) is 86.5 Å². The molecule has 0 bridgehead atoms. The SMILES string of the molecule is O=C1c2oc3ccc(Br)cc3c(=O)c2C(c2ccc(F)cc2)N1c1ccccc1. The molecule has 0 saturated heterocycles. The average molecular weight is 450 g/mol. The number of para-hydroxylation sites is 1. The van der Waals surface area contributed by atoms with Gasteiger partial charge in [0.25, 0.3) is 5.91 Å². The summed E-state index contributed by atoms with van der Waals surface area (Å²) in [7, 11) is 0. The minimum absolute atomic E-state index is 0.0167. The molecular weight excluding hydrogens is 437 g/mol. The molecule has 0 aliphatic carbocycles. The summed E-state index contributed by atoms with van der Waals surface area (Å²) in [5.74, 6) is -0.774. The summed E-state index contributed by atoms with van der Waals surface area (Å²) in [5.41, 5.74) is 1.59. The molecule has 29 heavy (non-hydrogen) atoms. The minimum Gasteiger partial charge on any atom is -0.450 e. The number of carbonyl (C=O) groups is 1. The van der Waals surface area contributed by atoms with Crippen LogP contribution in [-0.2, 0) is 0 Å². The Morgan fingerprint density at radius 2 is 1.66 bits per heavy atom. The van der Waals surface area contributed by atoms with Crippen LogP contribution in [0.5, 0.6) is 0 Å². The molecule has 5 rings (SSSR count). The molecule has 0 saturated carbocycles. The van der Waals surface area contributed by atoms with Crippen LogP contribution in [0.25, 0.3) is 11.0 Å². The largest absolute Gasteiger partial charge is 0.450 e. The number of hydrogen-bond donors (Lipinski definition) is 0. The zero-order valence-electron chi connectivity index (χ0n) is 14.9. The van der Waals surface area contributed by atoms with Gasteiger partial charge in [0, 0.05) is 10.2 Å². The molecule has 0 radical (unpaired) electrons. The molecule has 1 aromatic heterocycles. The average Bonchev–Trinajstić information content (AvgIpc) is 3.03. The molecule has 4 nitrogen and oxygen atoms in total. The number of anilines is 1. The van der Waals surface area contributed by atoms with Crippen molar-refractivity contribution in [2.45, 2.75) is 6.04 Å². The van der Waals surface area contributed by atoms with Crippen molar-refractivity contribution in [3.63, 3.8) is 0 Å². The Hall–Kier alpha value is -3.25. The Labute approximate surface area is 173 Å². The zero-order chi connectivity index (χ0) is 20.1. The third-order valence-electron chi connectivity index (χ3n) is 5.05. The lowest BCUT2D eigenvalue weighted by molar-refractivity contribution is 0.0971. The molecule has 1 unspecified atom stereocenters. The van der Waals surface area contributed by atoms with E-state index in [-0.39, 0.29) is 22.6 Å². The second-order valence-electron chi connectivity index (χ2n) is 6.78. The maximum Gasteiger partial charge on any atom is 0.295 e. The third kappa shape index (κ3) is 2.79. The van der Waals surface area contributed by atoms with E-state index >= 15 is 0 Å². The summed E-state index contributed by atoms with van der Waals surface area (Å²) in [6.07, 6.45) is 0. The number of fused-ring (bicyclic) bond motifs is 2. The Morgan fingerprint density at radius 3 is 2.38 bits per heavy atom. The van der Waals surface area contributed by atoms with Gasteiger partial charge < -0.3 is 4.42 Å². The molecule has 0 fully saturated rings. The van der Waals surface area contributed by atoms with Gasteiger partial charge in [0.15, 0.2) is 5.43 Å². The normalized spacial score (nSPS) is 15.7. The standard InChI is InChI=1S/C23H13BrFNO3/c24-14-8-11-18-17(12-14)21(27)19-20(13-6-9-15(25)10-7-13)26(23(28)22(19)29-18)16-4-2-1-3-5-16/h1-12,20H. The number of amides is 1. The maximum atomic E-state index is 13.5. The van der Waals surface area contributed by atoms with Crippen LogP contribution in [0.2, 0.25) is 0 Å². The Balaban J connectivity index is 1.83. The molecule has 1 amide bonds. The first-order valence-electron chi connectivity index (χ1n) is 8.95. The first-order chi connectivity index (χ1) is 14.0. The summed E-state index contributed by atoms with van der Waals surface area (Å²) < 4.78 is 20.2. The molecule has 0 N–H and O–H groups in total. The molecule has 3 aromatic carbocycles. The smallest absolute Gasteiger partial charge is 0.295 e. The third-order valence-corrected chi connectivity index (χ3v) is 5.55. The molecule has 1 atom stereocenters. The van der Waals surface area contributed by atoms with E-state index in [1.54, 1.807) is 42.5 Å². The monoisotopic (exact) mass is 449 g/mol. The highest BCUT2D eigenvalue weighted by Crippen LogP contribution is 2.41. The van der Waals surface area contributed by atoms with Crippen LogP contribution in [0.1, 0.15) is 27.7 Å². The van der Waals surface area contributed by atoms with Gasteiger partial charge in [-0.2, -0.15) is 0 Å². The van der Waals surface area contributed by atoms with Gasteiger partial charge in [-0.05, 0) is 48.0 Å². The van der Waals surface area contributed by atoms with Crippen LogP contribution in [0.3, 0.4) is 0 Å². The van der Waals surface area contributed by atoms with Gasteiger partial charge in [-0.25, -0.2) is 4.39 Å². The maximum absolute atomic E-state index is 13.5. The molecular formula is C23H13BrFNO3. The highest BCUT2D eigenvalue weighted by atomic mass is 79.9. The topological polar surface area (TPSA) is 50.5 Å². The van der Waals surface area contributed by atoms with Gasteiger partial charge in [-0.1, -0.05) is 46.3 Å². The van der Waals surface area contributed by atoms with Crippen LogP contribution in [-0.4, -0.2) is 5.91 Å². The second kappa shape index (κ2) is 6.67. The fourth-order valence-corrected chi connectivity index (χ4v) is 4.12. The molecule has 4 aromatic rings. The quantitative estimate of drug-likeness (QED) is 0.409. The van der Waals surface area contributed by atoms with Gasteiger partial charge in [0.05, 0.1) is 17.0 Å². The first-order valence-corrected chi connectivity index (χ1v) is 9.74. The van der Waals surface area contributed by atoms with Gasteiger partial charge in [-0.3, -0.25) is 14.5 Å². The highest BCUT2D eigenvalue weighted by Gasteiger charge is 2.43. The molecule has 2 heterocycles. The van der Waals surface area contributed by atoms with E-state index in [0.717, 1.165) is 4.47 Å². The van der Waals surface area contributed by atoms with Crippen LogP contribution < -0.4 is 10.3 Å². The van der Waals surface area contributed by atoms with Crippen molar-refractivity contribution in [1.29, 1.82) is 0 Å². The fourth-order valence-electron chi connectivity index (χ4n) is 3.76. The van der Waals surface area contributed by atoms with Crippen LogP contribution >= 0.6 is 15.9 Å². The number of rotatable bonds is 2. The Kier molecular flexibility index (Phi) is 4.10. The summed E-state index contributed by atoms with van der Waals surface area (Å²) >= 11 is 3.38. The van der Waals surface area contributed by atoms with Crippen molar-refractivity contribution in [2.75, 3.05) is 4.90 Å². The zero-order valence-corrected chi connectivity index (χ0v) is 16.5. The molecule has 142 valence electrons. The van der Waals surface area contributed by atoms with Gasteiger partial charge in [0.1, 0.15) is 11.4 Å². The van der Waals surface area contributed by atoms with E-state index in [2.05, 4.69) is 15.9 Å². The summed E-state index contributed by atoms with van der Waals surface area (Å²) in [6.45, 7) is 0. The Bertz CT molecular complexity index is 1320. The van der Waals surface area contributed by atoms with Gasteiger partial charge in [-0.15, -0.1) is 0 Å². The number of benzene rings is 3. The Morgan fingerprint density at radius 1 is 0.931 bits per heavy atom. The second-order valence-corrected chi connectivity index (χ2v) is 7.69. The van der Waals surface area contributed by atoms with E-state index in [0.29, 0.717) is 22.2 Å². The number of hydrogen-bond acceptors (Lipinski definition) is 3. The number of halogens is 2. The van der Waals surface area contributed by atoms with Gasteiger partial charge >= 0.3 is 0 Å². The molecule has 1 aliphatic rings. The predicted molar refractivity (Wildman–Crippen MR) is 112 cm³/mol. The van der Waals surface area contributed by atoms with Crippen LogP contribution in [0.4, 0.5) is 10.1 Å². The lowest BCUT2D eigenvalue weighted by atomic mass is 9.98. The van der Waals surface area contributed by atoms with E-state index in [1.807, 2.05) is 18.2 Å². The number of nitrogens with zero attached hydrogens (tertiary/aromatic N) is 1. The van der Waals surface area contributed by atoms with Crippen molar-refractivity contribution in [1.82, 2.24) is 0 Å². The summed E-state index contributed by atoms with van der Waals surface area (Å²) in [5, 5.41) is 0.382. The number of carbonyl (C=O) groups excluding carboxylic acids is 1. The highest BCUT2D eigenvalue weighted by molar-refractivity contribution is 9.10. The van der Waals surface area contributed by atoms with E-state index < -0.39 is 11.9 Å². The lowest BCUT2D eigenvalue weighted by Gasteiger charge is -2.25. The van der Waals surface area contributed by atoms with Crippen LogP contribution in [0, 0.1) is 5.82 Å². The predicted octanol–water partition coefficient (Wildman–Crippen LogP) is 5.44. The minimum atomic E-state index is -0.708. The van der Waals surface area contributed by atoms with E-state index in [4.69, 9.17) is 4.42 Å². The first kappa shape index (κ1) is 17.8. The molecule has 6 heteroatoms. The lowest BCUT2D eigenvalue weighted by Crippen LogP contribution is -2.29. The van der Waals surface area contributed by atoms with E-state index in [9.17, 15) is 14.0 Å². The molecule has 0 spiro atoms. The summed E-state index contributed by atoms with van der Waals surface area (Å²) in [6, 6.07) is 19.3.